The third-order valence-electron chi connectivity index (χ3n) is 12.2. The molecule has 0 saturated carbocycles. The van der Waals surface area contributed by atoms with Crippen molar-refractivity contribution in [2.24, 2.45) is 10.7 Å². The molecule has 0 amide bonds. The Kier molecular flexibility index (Phi) is 9.11. The molecule has 9 aromatic rings. The number of amidine groups is 1. The Labute approximate surface area is 346 Å². The fraction of sp³-hybridized carbons (Fsp3) is 0.0702. The number of fused-ring (bicyclic) bond motifs is 5. The zero-order chi connectivity index (χ0) is 39.9. The molecule has 2 heteroatoms. The van der Waals surface area contributed by atoms with Crippen LogP contribution in [0.25, 0.3) is 71.7 Å². The second-order valence-electron chi connectivity index (χ2n) is 16.1. The lowest BCUT2D eigenvalue weighted by molar-refractivity contribution is 0.661. The summed E-state index contributed by atoms with van der Waals surface area (Å²) >= 11 is 0. The predicted molar refractivity (Wildman–Crippen MR) is 251 cm³/mol. The van der Waals surface area contributed by atoms with Crippen molar-refractivity contribution in [2.75, 3.05) is 0 Å². The summed E-state index contributed by atoms with van der Waals surface area (Å²) in [7, 11) is 0. The smallest absolute Gasteiger partial charge is 0.131 e. The molecule has 0 aromatic heterocycles. The minimum Gasteiger partial charge on any atom is -0.383 e. The maximum Gasteiger partial charge on any atom is 0.131 e. The van der Waals surface area contributed by atoms with Gasteiger partial charge in [0.05, 0.1) is 5.70 Å². The van der Waals surface area contributed by atoms with E-state index >= 15 is 0 Å². The lowest BCUT2D eigenvalue weighted by Crippen LogP contribution is -2.15. The van der Waals surface area contributed by atoms with Crippen LogP contribution in [0, 0.1) is 0 Å². The van der Waals surface area contributed by atoms with Crippen molar-refractivity contribution < 1.29 is 0 Å². The molecule has 1 aliphatic rings. The first-order valence-corrected chi connectivity index (χ1v) is 20.5. The summed E-state index contributed by atoms with van der Waals surface area (Å²) in [5.41, 5.74) is 23.4. The van der Waals surface area contributed by atoms with Gasteiger partial charge in [-0.05, 0) is 107 Å². The van der Waals surface area contributed by atoms with Crippen molar-refractivity contribution in [1.82, 2.24) is 0 Å². The molecule has 0 spiro atoms. The van der Waals surface area contributed by atoms with Crippen LogP contribution in [0.3, 0.4) is 0 Å². The molecular formula is C57H44N2. The van der Waals surface area contributed by atoms with E-state index in [4.69, 9.17) is 10.7 Å². The topological polar surface area (TPSA) is 38.4 Å². The molecule has 0 saturated heterocycles. The van der Waals surface area contributed by atoms with Gasteiger partial charge in [-0.25, -0.2) is 4.99 Å². The largest absolute Gasteiger partial charge is 0.383 e. The number of benzene rings is 9. The van der Waals surface area contributed by atoms with Crippen molar-refractivity contribution in [1.29, 1.82) is 0 Å². The van der Waals surface area contributed by atoms with Crippen LogP contribution in [0.2, 0.25) is 0 Å². The van der Waals surface area contributed by atoms with Gasteiger partial charge in [-0.2, -0.15) is 0 Å². The normalized spacial score (nSPS) is 13.4. The fourth-order valence-electron chi connectivity index (χ4n) is 9.04. The SMILES string of the molecule is CC1(C)c2cc(-c3ccc(/C(=C/Cc4ccccc4-c4ccccc4)N=C(N)c4ccc(-c5ccccc5)cc4)c4ccccc34)ccc2-c2cc3ccccc3cc21. The fourth-order valence-corrected chi connectivity index (χ4v) is 9.04. The Morgan fingerprint density at radius 2 is 1.05 bits per heavy atom. The van der Waals surface area contributed by atoms with E-state index in [0.717, 1.165) is 27.8 Å². The number of allylic oxidation sites excluding steroid dienone is 1. The van der Waals surface area contributed by atoms with Crippen LogP contribution in [-0.2, 0) is 11.8 Å². The van der Waals surface area contributed by atoms with Crippen molar-refractivity contribution in [3.05, 3.63) is 234 Å². The van der Waals surface area contributed by atoms with Gasteiger partial charge < -0.3 is 5.73 Å². The summed E-state index contributed by atoms with van der Waals surface area (Å²) in [6.45, 7) is 4.73. The van der Waals surface area contributed by atoms with Crippen molar-refractivity contribution >= 4 is 33.1 Å². The van der Waals surface area contributed by atoms with Crippen molar-refractivity contribution in [2.45, 2.75) is 25.7 Å². The average Bonchev–Trinajstić information content (AvgIpc) is 3.51. The highest BCUT2D eigenvalue weighted by Crippen LogP contribution is 2.51. The van der Waals surface area contributed by atoms with Crippen molar-refractivity contribution in [3.63, 3.8) is 0 Å². The first-order valence-electron chi connectivity index (χ1n) is 20.5. The molecule has 0 unspecified atom stereocenters. The molecule has 1 aliphatic carbocycles. The summed E-state index contributed by atoms with van der Waals surface area (Å²) in [6.07, 6.45) is 2.93. The summed E-state index contributed by atoms with van der Waals surface area (Å²) < 4.78 is 0. The van der Waals surface area contributed by atoms with E-state index in [-0.39, 0.29) is 5.41 Å². The number of hydrogen-bond acceptors (Lipinski definition) is 1. The quantitative estimate of drug-likeness (QED) is 0.122. The highest BCUT2D eigenvalue weighted by Gasteiger charge is 2.36. The monoisotopic (exact) mass is 756 g/mol. The lowest BCUT2D eigenvalue weighted by Gasteiger charge is -2.22. The van der Waals surface area contributed by atoms with E-state index in [0.29, 0.717) is 12.3 Å². The predicted octanol–water partition coefficient (Wildman–Crippen LogP) is 14.3. The highest BCUT2D eigenvalue weighted by atomic mass is 14.9. The van der Waals surface area contributed by atoms with Crippen LogP contribution in [0.5, 0.6) is 0 Å². The Balaban J connectivity index is 1.08. The Bertz CT molecular complexity index is 3080. The van der Waals surface area contributed by atoms with E-state index in [1.54, 1.807) is 0 Å². The molecule has 9 aromatic carbocycles. The van der Waals surface area contributed by atoms with E-state index in [2.05, 4.69) is 214 Å². The molecule has 59 heavy (non-hydrogen) atoms. The van der Waals surface area contributed by atoms with Gasteiger partial charge in [0, 0.05) is 16.5 Å². The molecular weight excluding hydrogens is 713 g/mol. The number of nitrogens with two attached hydrogens (primary N) is 1. The van der Waals surface area contributed by atoms with Crippen molar-refractivity contribution in [3.8, 4) is 44.5 Å². The number of nitrogens with zero attached hydrogens (tertiary/aromatic N) is 1. The Morgan fingerprint density at radius 1 is 0.475 bits per heavy atom. The zero-order valence-corrected chi connectivity index (χ0v) is 33.4. The summed E-state index contributed by atoms with van der Waals surface area (Å²) in [5, 5.41) is 4.88. The lowest BCUT2D eigenvalue weighted by atomic mass is 9.81. The van der Waals surface area contributed by atoms with Crippen LogP contribution in [-0.4, -0.2) is 5.84 Å². The maximum atomic E-state index is 6.93. The first-order chi connectivity index (χ1) is 28.9. The number of hydrogen-bond donors (Lipinski definition) is 1. The standard InChI is InChI=1S/C57H44N2/c1-57(2)53-37-45(29-31-50(53)52-35-43-20-9-10-21-44(43)36-54(52)57)47-32-33-51(49-24-14-13-23-48(47)49)55(34-30-41-19-11-12-22-46(41)40-17-7-4-8-18-40)59-56(58)42-27-25-39(26-28-42)38-15-5-3-6-16-38/h3-29,31-37H,30H2,1-2H3,(H2,58,59)/b55-34-. The molecule has 0 aliphatic heterocycles. The minimum absolute atomic E-state index is 0.127. The van der Waals surface area contributed by atoms with Gasteiger partial charge in [-0.1, -0.05) is 202 Å². The van der Waals surface area contributed by atoms with Gasteiger partial charge in [0.1, 0.15) is 5.84 Å². The Hall–Kier alpha value is -7.29. The van der Waals surface area contributed by atoms with Crippen LogP contribution >= 0.6 is 0 Å². The summed E-state index contributed by atoms with van der Waals surface area (Å²) in [6, 6.07) is 71.8. The molecule has 0 atom stereocenters. The molecule has 2 N–H and O–H groups in total. The molecule has 0 bridgehead atoms. The van der Waals surface area contributed by atoms with Gasteiger partial charge >= 0.3 is 0 Å². The minimum atomic E-state index is -0.127. The Morgan fingerprint density at radius 3 is 1.81 bits per heavy atom. The van der Waals surface area contributed by atoms with Crippen LogP contribution in [0.4, 0.5) is 0 Å². The molecule has 282 valence electrons. The van der Waals surface area contributed by atoms with E-state index < -0.39 is 0 Å². The molecule has 10 rings (SSSR count). The van der Waals surface area contributed by atoms with Gasteiger partial charge in [-0.3, -0.25) is 0 Å². The first kappa shape index (κ1) is 36.1. The molecule has 0 radical (unpaired) electrons. The second-order valence-corrected chi connectivity index (χ2v) is 16.1. The van der Waals surface area contributed by atoms with Gasteiger partial charge in [-0.15, -0.1) is 0 Å². The van der Waals surface area contributed by atoms with Gasteiger partial charge in [0.15, 0.2) is 0 Å². The third kappa shape index (κ3) is 6.63. The van der Waals surface area contributed by atoms with Crippen LogP contribution in [0.1, 0.15) is 41.7 Å². The van der Waals surface area contributed by atoms with Gasteiger partial charge in [0.25, 0.3) is 0 Å². The van der Waals surface area contributed by atoms with Gasteiger partial charge in [0.2, 0.25) is 0 Å². The molecule has 0 heterocycles. The molecule has 0 fully saturated rings. The van der Waals surface area contributed by atoms with E-state index in [1.807, 2.05) is 6.07 Å². The van der Waals surface area contributed by atoms with E-state index in [9.17, 15) is 0 Å². The second kappa shape index (κ2) is 14.9. The zero-order valence-electron chi connectivity index (χ0n) is 33.4. The third-order valence-corrected chi connectivity index (χ3v) is 12.2. The summed E-state index contributed by atoms with van der Waals surface area (Å²) in [5.74, 6) is 0.480. The summed E-state index contributed by atoms with van der Waals surface area (Å²) in [4.78, 5) is 5.26. The highest BCUT2D eigenvalue weighted by molar-refractivity contribution is 6.06. The average molecular weight is 757 g/mol. The number of rotatable bonds is 8. The number of aliphatic imine (C=N–C) groups is 1. The maximum absolute atomic E-state index is 6.93. The van der Waals surface area contributed by atoms with Crippen LogP contribution < -0.4 is 5.73 Å². The molecule has 2 nitrogen and oxygen atoms in total. The van der Waals surface area contributed by atoms with Crippen LogP contribution in [0.15, 0.2) is 211 Å². The van der Waals surface area contributed by atoms with E-state index in [1.165, 1.54) is 71.8 Å².